The second-order valence-electron chi connectivity index (χ2n) is 14.4. The lowest BCUT2D eigenvalue weighted by molar-refractivity contribution is -0.559. The van der Waals surface area contributed by atoms with Crippen LogP contribution in [0.15, 0.2) is 36.7 Å². The minimum Gasteiger partial charge on any atom is -0.491 e. The Balaban J connectivity index is 2.16. The first-order valence-electron chi connectivity index (χ1n) is 18.6. The van der Waals surface area contributed by atoms with Crippen molar-refractivity contribution in [3.8, 4) is 17.1 Å². The quantitative estimate of drug-likeness (QED) is 0.0671. The Bertz CT molecular complexity index is 1950. The maximum atomic E-state index is 14.2. The smallest absolute Gasteiger partial charge is 0.460 e. The van der Waals surface area contributed by atoms with Crippen LogP contribution in [0.2, 0.25) is 0 Å². The van der Waals surface area contributed by atoms with Crippen molar-refractivity contribution in [2.45, 2.75) is 136 Å². The summed E-state index contributed by atoms with van der Waals surface area (Å²) in [6.07, 6.45) is -34.5. The summed E-state index contributed by atoms with van der Waals surface area (Å²) < 4.78 is 378. The van der Waals surface area contributed by atoms with E-state index in [-0.39, 0.29) is 11.6 Å². The summed E-state index contributed by atoms with van der Waals surface area (Å²) in [4.78, 5) is 8.42. The SMILES string of the molecule is CCCCCCCCc1cnc(-c2ccc(OC[C@@H](O)COCC(F)(F)C(F)(F)C(F)(F)C(F)(F)C(F)(F)C(F)(F)C(F)(F)OC(F)(F)C(F)(F)OC(F)(F)C(F)(F)C(F)(F)C(F)(F)F)cc2)nc1. The number of hydrogen-bond acceptors (Lipinski definition) is 7. The molecule has 1 aromatic carbocycles. The standard InChI is InChI=1S/C35H31F27N2O5/c1-2-3-4-5-6-7-8-18-13-63-22(64-14-18)19-9-11-21(12-10-19)67-16-20(65)15-66-17-23(36,37)24(38,39)25(40,41)26(42,43)27(44,45)29(48,49)32(55,56)68-34(59,60)35(61,62)69-33(57,58)30(50,51)28(46,47)31(52,53)54/h9-14,20,65H,2-8,15-17H2,1H3/t20-/m0/s1. The van der Waals surface area contributed by atoms with E-state index in [9.17, 15) is 124 Å². The fourth-order valence-electron chi connectivity index (χ4n) is 5.03. The Morgan fingerprint density at radius 1 is 0.478 bits per heavy atom. The van der Waals surface area contributed by atoms with Gasteiger partial charge < -0.3 is 14.6 Å². The van der Waals surface area contributed by atoms with Gasteiger partial charge in [-0.05, 0) is 42.7 Å². The number of halogens is 27. The summed E-state index contributed by atoms with van der Waals surface area (Å²) in [5.74, 6) is -68.6. The van der Waals surface area contributed by atoms with E-state index < -0.39 is 104 Å². The number of aromatic nitrogens is 2. The molecule has 69 heavy (non-hydrogen) atoms. The van der Waals surface area contributed by atoms with Gasteiger partial charge in [0.15, 0.2) is 5.82 Å². The van der Waals surface area contributed by atoms with E-state index in [0.29, 0.717) is 12.0 Å². The lowest BCUT2D eigenvalue weighted by atomic mass is 9.91. The normalized spacial score (nSPS) is 15.4. The maximum absolute atomic E-state index is 14.2. The Labute approximate surface area is 368 Å². The number of aliphatic hydroxyl groups excluding tert-OH is 1. The molecule has 0 aliphatic heterocycles. The summed E-state index contributed by atoms with van der Waals surface area (Å²) in [7, 11) is 0. The topological polar surface area (TPSA) is 82.9 Å². The number of nitrogens with zero attached hydrogens (tertiary/aromatic N) is 2. The van der Waals surface area contributed by atoms with Crippen molar-refractivity contribution < 1.29 is 143 Å². The van der Waals surface area contributed by atoms with Gasteiger partial charge in [-0.15, -0.1) is 0 Å². The molecule has 0 unspecified atom stereocenters. The van der Waals surface area contributed by atoms with Crippen molar-refractivity contribution in [1.82, 2.24) is 9.97 Å². The highest BCUT2D eigenvalue weighted by Crippen LogP contribution is 2.63. The van der Waals surface area contributed by atoms with Crippen LogP contribution < -0.4 is 4.74 Å². The fraction of sp³-hybridized carbons (Fsp3) is 0.714. The Kier molecular flexibility index (Phi) is 18.3. The number of rotatable bonds is 28. The van der Waals surface area contributed by atoms with Crippen LogP contribution in [0.4, 0.5) is 119 Å². The van der Waals surface area contributed by atoms with E-state index in [2.05, 4.69) is 21.6 Å². The second-order valence-corrected chi connectivity index (χ2v) is 14.4. The summed E-state index contributed by atoms with van der Waals surface area (Å²) >= 11 is 0. The first-order chi connectivity index (χ1) is 30.8. The molecule has 0 saturated carbocycles. The zero-order valence-electron chi connectivity index (χ0n) is 33.8. The maximum Gasteiger partial charge on any atom is 0.460 e. The number of ether oxygens (including phenoxy) is 4. The lowest BCUT2D eigenvalue weighted by Gasteiger charge is -2.43. The van der Waals surface area contributed by atoms with Crippen LogP contribution in [-0.4, -0.2) is 119 Å². The average molecular weight is 1070 g/mol. The van der Waals surface area contributed by atoms with E-state index in [4.69, 9.17) is 4.74 Å². The number of alkyl halides is 27. The van der Waals surface area contributed by atoms with Crippen LogP contribution in [0.5, 0.6) is 5.75 Å². The largest absolute Gasteiger partial charge is 0.491 e. The molecule has 1 aromatic heterocycles. The summed E-state index contributed by atoms with van der Waals surface area (Å²) in [5, 5.41) is 9.84. The highest BCUT2D eigenvalue weighted by Gasteiger charge is 2.94. The molecule has 0 radical (unpaired) electrons. The predicted molar refractivity (Wildman–Crippen MR) is 174 cm³/mol. The Hall–Kier alpha value is -3.95. The number of benzene rings is 1. The van der Waals surface area contributed by atoms with Gasteiger partial charge in [-0.3, -0.25) is 0 Å². The monoisotopic (exact) mass is 1070 g/mol. The summed E-state index contributed by atoms with van der Waals surface area (Å²) in [5.41, 5.74) is 1.23. The van der Waals surface area contributed by atoms with E-state index in [1.54, 1.807) is 12.4 Å². The first kappa shape index (κ1) is 61.2. The number of hydrogen-bond donors (Lipinski definition) is 1. The third kappa shape index (κ3) is 12.2. The van der Waals surface area contributed by atoms with Gasteiger partial charge in [0.05, 0.1) is 6.61 Å². The van der Waals surface area contributed by atoms with Crippen LogP contribution in [0.3, 0.4) is 0 Å². The molecule has 7 nitrogen and oxygen atoms in total. The van der Waals surface area contributed by atoms with Crippen LogP contribution in [0.25, 0.3) is 11.4 Å². The molecular formula is C35H31F27N2O5. The molecule has 0 amide bonds. The minimum atomic E-state index is -9.29. The third-order valence-corrected chi connectivity index (χ3v) is 9.04. The van der Waals surface area contributed by atoms with Gasteiger partial charge in [0.1, 0.15) is 25.1 Å². The molecule has 0 saturated heterocycles. The number of aliphatic hydroxyl groups is 1. The zero-order valence-corrected chi connectivity index (χ0v) is 33.8. The molecule has 1 heterocycles. The Morgan fingerprint density at radius 2 is 0.884 bits per heavy atom. The summed E-state index contributed by atoms with van der Waals surface area (Å²) in [6.45, 7) is -4.12. The van der Waals surface area contributed by atoms with E-state index >= 15 is 0 Å². The molecule has 0 spiro atoms. The molecule has 0 bridgehead atoms. The highest BCUT2D eigenvalue weighted by atomic mass is 19.4. The zero-order chi connectivity index (χ0) is 53.9. The minimum absolute atomic E-state index is 0.144. The lowest BCUT2D eigenvalue weighted by Crippen LogP contribution is -2.74. The van der Waals surface area contributed by atoms with Gasteiger partial charge in [-0.2, -0.15) is 119 Å². The van der Waals surface area contributed by atoms with Crippen molar-refractivity contribution >= 4 is 0 Å². The fourth-order valence-corrected chi connectivity index (χ4v) is 5.03. The first-order valence-corrected chi connectivity index (χ1v) is 18.6. The van der Waals surface area contributed by atoms with E-state index in [0.717, 1.165) is 53.6 Å². The molecule has 0 fully saturated rings. The highest BCUT2D eigenvalue weighted by molar-refractivity contribution is 5.55. The average Bonchev–Trinajstić information content (AvgIpc) is 3.20. The van der Waals surface area contributed by atoms with Crippen molar-refractivity contribution in [3.05, 3.63) is 42.2 Å². The molecule has 0 aliphatic carbocycles. The van der Waals surface area contributed by atoms with Gasteiger partial charge >= 0.3 is 78.0 Å². The van der Waals surface area contributed by atoms with Crippen molar-refractivity contribution in [2.24, 2.45) is 0 Å². The van der Waals surface area contributed by atoms with Crippen LogP contribution in [-0.2, 0) is 20.6 Å². The van der Waals surface area contributed by atoms with Crippen molar-refractivity contribution in [2.75, 3.05) is 19.8 Å². The molecule has 2 aromatic rings. The summed E-state index contributed by atoms with van der Waals surface area (Å²) in [6, 6.07) is 5.11. The second kappa shape index (κ2) is 20.6. The Morgan fingerprint density at radius 3 is 1.33 bits per heavy atom. The molecule has 2 rings (SSSR count). The molecule has 1 atom stereocenters. The van der Waals surface area contributed by atoms with Gasteiger partial charge in [-0.1, -0.05) is 39.0 Å². The van der Waals surface area contributed by atoms with Crippen molar-refractivity contribution in [3.63, 3.8) is 0 Å². The van der Waals surface area contributed by atoms with Crippen LogP contribution in [0, 0.1) is 0 Å². The van der Waals surface area contributed by atoms with Crippen LogP contribution in [0.1, 0.15) is 51.0 Å². The molecule has 400 valence electrons. The van der Waals surface area contributed by atoms with Gasteiger partial charge in [0, 0.05) is 18.0 Å². The van der Waals surface area contributed by atoms with E-state index in [1.165, 1.54) is 24.3 Å². The molecular weight excluding hydrogens is 1040 g/mol. The number of unbranched alkanes of at least 4 members (excludes halogenated alkanes) is 5. The molecule has 1 N–H and O–H groups in total. The van der Waals surface area contributed by atoms with E-state index in [1.807, 2.05) is 0 Å². The predicted octanol–water partition coefficient (Wildman–Crippen LogP) is 12.9. The van der Waals surface area contributed by atoms with Gasteiger partial charge in [-0.25, -0.2) is 19.4 Å². The third-order valence-electron chi connectivity index (χ3n) is 9.04. The van der Waals surface area contributed by atoms with Crippen LogP contribution >= 0.6 is 0 Å². The number of aryl methyl sites for hydroxylation is 1. The van der Waals surface area contributed by atoms with Gasteiger partial charge in [0.25, 0.3) is 0 Å². The molecule has 34 heteroatoms. The van der Waals surface area contributed by atoms with Crippen molar-refractivity contribution in [1.29, 1.82) is 0 Å². The van der Waals surface area contributed by atoms with Gasteiger partial charge in [0.2, 0.25) is 0 Å². The molecule has 0 aliphatic rings.